The van der Waals surface area contributed by atoms with Crippen LogP contribution in [-0.2, 0) is 23.7 Å². The van der Waals surface area contributed by atoms with Gasteiger partial charge in [0.2, 0.25) is 0 Å². The predicted octanol–water partition coefficient (Wildman–Crippen LogP) is -7.27. The molecule has 36 heavy (non-hydrogen) atoms. The van der Waals surface area contributed by atoms with Gasteiger partial charge in [0.15, 0.2) is 12.4 Å². The Labute approximate surface area is 206 Å². The molecule has 0 aromatic rings. The summed E-state index contributed by atoms with van der Waals surface area (Å²) in [5.74, 6) is -2.48. The fourth-order valence-electron chi connectivity index (χ4n) is 5.23. The number of nitrogens with one attached hydrogen (secondary N) is 1. The molecule has 0 amide bonds. The molecule has 3 aliphatic heterocycles. The molecule has 16 nitrogen and oxygen atoms in total. The Hall–Kier alpha value is -0.640. The van der Waals surface area contributed by atoms with Crippen molar-refractivity contribution in [2.75, 3.05) is 20.3 Å². The van der Waals surface area contributed by atoms with Crippen molar-refractivity contribution in [3.63, 3.8) is 0 Å². The number of nitrogens with two attached hydrogens (primary N) is 2. The van der Waals surface area contributed by atoms with Crippen molar-refractivity contribution in [3.8, 4) is 0 Å². The highest BCUT2D eigenvalue weighted by molar-refractivity contribution is 5.05. The van der Waals surface area contributed by atoms with Crippen LogP contribution in [0.3, 0.4) is 0 Å². The Kier molecular flexibility index (Phi) is 8.55. The zero-order chi connectivity index (χ0) is 26.5. The van der Waals surface area contributed by atoms with Crippen LogP contribution in [0.2, 0.25) is 0 Å². The molecule has 3 heterocycles. The summed E-state index contributed by atoms with van der Waals surface area (Å²) >= 11 is 0. The number of likely N-dealkylation sites (N-methyl/N-ethyl adjacent to an activating group) is 1. The smallest absolute Gasteiger partial charge is 0.314 e. The van der Waals surface area contributed by atoms with Crippen molar-refractivity contribution < 1.29 is 64.5 Å². The van der Waals surface area contributed by atoms with E-state index < -0.39 is 111 Å². The lowest BCUT2D eigenvalue weighted by atomic mass is 9.84. The summed E-state index contributed by atoms with van der Waals surface area (Å²) in [6.45, 7) is -1.33. The van der Waals surface area contributed by atoms with Gasteiger partial charge >= 0.3 is 5.97 Å². The van der Waals surface area contributed by atoms with E-state index in [9.17, 15) is 40.9 Å². The predicted molar refractivity (Wildman–Crippen MR) is 115 cm³/mol. The van der Waals surface area contributed by atoms with E-state index in [0.717, 1.165) is 0 Å². The van der Waals surface area contributed by atoms with E-state index in [4.69, 9.17) is 35.2 Å². The van der Waals surface area contributed by atoms with Gasteiger partial charge in [-0.1, -0.05) is 0 Å². The van der Waals surface area contributed by atoms with Gasteiger partial charge in [0, 0.05) is 12.1 Å². The van der Waals surface area contributed by atoms with E-state index in [-0.39, 0.29) is 6.42 Å². The molecular weight excluding hydrogens is 490 g/mol. The van der Waals surface area contributed by atoms with E-state index in [2.05, 4.69) is 5.32 Å². The monoisotopic (exact) mass is 527 g/mol. The zero-order valence-corrected chi connectivity index (χ0v) is 19.6. The number of aliphatic hydroxyl groups is 8. The minimum Gasteiger partial charge on any atom is -0.395 e. The summed E-state index contributed by atoms with van der Waals surface area (Å²) < 4.78 is 28.7. The lowest BCUT2D eigenvalue weighted by molar-refractivity contribution is -0.439. The maximum Gasteiger partial charge on any atom is 0.314 e. The Morgan fingerprint density at radius 3 is 2.22 bits per heavy atom. The summed E-state index contributed by atoms with van der Waals surface area (Å²) in [6, 6.07) is -2.50. The Bertz CT molecular complexity index is 756. The van der Waals surface area contributed by atoms with Crippen LogP contribution < -0.4 is 16.8 Å². The first kappa shape index (κ1) is 28.4. The van der Waals surface area contributed by atoms with E-state index >= 15 is 0 Å². The molecule has 3 saturated heterocycles. The Balaban J connectivity index is 1.62. The maximum absolute atomic E-state index is 10.7. The molecule has 4 aliphatic rings. The third-order valence-corrected chi connectivity index (χ3v) is 7.42. The lowest BCUT2D eigenvalue weighted by Gasteiger charge is -2.46. The fourth-order valence-corrected chi connectivity index (χ4v) is 5.23. The van der Waals surface area contributed by atoms with Crippen LogP contribution >= 0.6 is 0 Å². The van der Waals surface area contributed by atoms with Crippen LogP contribution in [-0.4, -0.2) is 159 Å². The maximum atomic E-state index is 10.7. The molecular formula is C20H37N3O13. The average molecular weight is 528 g/mol. The van der Waals surface area contributed by atoms with Crippen molar-refractivity contribution in [2.45, 2.75) is 104 Å². The van der Waals surface area contributed by atoms with Gasteiger partial charge in [-0.3, -0.25) is 0 Å². The van der Waals surface area contributed by atoms with Gasteiger partial charge in [-0.15, -0.1) is 0 Å². The molecule has 0 bridgehead atoms. The quantitative estimate of drug-likeness (QED) is 0.153. The van der Waals surface area contributed by atoms with Crippen molar-refractivity contribution >= 4 is 0 Å². The van der Waals surface area contributed by atoms with Crippen LogP contribution in [0, 0.1) is 0 Å². The first-order chi connectivity index (χ1) is 17.0. The minimum atomic E-state index is -2.48. The van der Waals surface area contributed by atoms with E-state index in [1.165, 1.54) is 0 Å². The van der Waals surface area contributed by atoms with Crippen molar-refractivity contribution in [1.82, 2.24) is 5.32 Å². The number of rotatable bonds is 6. The summed E-state index contributed by atoms with van der Waals surface area (Å²) in [5, 5.41) is 85.6. The number of ether oxygens (including phenoxy) is 5. The molecule has 0 aromatic carbocycles. The molecule has 13 N–H and O–H groups in total. The molecule has 1 saturated carbocycles. The summed E-state index contributed by atoms with van der Waals surface area (Å²) in [5.41, 5.74) is 11.8. The first-order valence-electron chi connectivity index (χ1n) is 11.8. The number of hydrogen-bond acceptors (Lipinski definition) is 16. The highest BCUT2D eigenvalue weighted by Crippen LogP contribution is 2.45. The molecule has 4 fully saturated rings. The summed E-state index contributed by atoms with van der Waals surface area (Å²) in [7, 11) is 1.60. The van der Waals surface area contributed by atoms with Gasteiger partial charge in [0.1, 0.15) is 48.8 Å². The Morgan fingerprint density at radius 2 is 1.61 bits per heavy atom. The molecule has 0 radical (unpaired) electrons. The van der Waals surface area contributed by atoms with E-state index in [0.29, 0.717) is 0 Å². The third kappa shape index (κ3) is 4.68. The molecule has 1 spiro atoms. The van der Waals surface area contributed by atoms with E-state index in [1.54, 1.807) is 7.05 Å². The topological polar surface area (TPSA) is 272 Å². The molecule has 3 unspecified atom stereocenters. The van der Waals surface area contributed by atoms with Crippen LogP contribution in [0.4, 0.5) is 0 Å². The van der Waals surface area contributed by atoms with Crippen molar-refractivity contribution in [1.29, 1.82) is 0 Å². The van der Waals surface area contributed by atoms with Crippen LogP contribution in [0.15, 0.2) is 0 Å². The SMILES string of the molecule is CN[C@H]1C[C@@H](N)[C@H](O)[C@@H](O[C@@H]2O[C@H](CO)[C@H](O)C3OC4(O[C@H](C(N)CO)[C@H](O)[C@@H](O)[C@@H]4O)O[C@@H]32)[C@@H]1O. The van der Waals surface area contributed by atoms with Crippen LogP contribution in [0.5, 0.6) is 0 Å². The first-order valence-corrected chi connectivity index (χ1v) is 11.8. The number of aliphatic hydroxyl groups excluding tert-OH is 8. The average Bonchev–Trinajstić information content (AvgIpc) is 3.27. The highest BCUT2D eigenvalue weighted by atomic mass is 16.9. The zero-order valence-electron chi connectivity index (χ0n) is 19.6. The molecule has 4 rings (SSSR count). The van der Waals surface area contributed by atoms with Gasteiger partial charge in [-0.25, -0.2) is 0 Å². The van der Waals surface area contributed by atoms with Gasteiger partial charge in [-0.05, 0) is 13.5 Å². The number of hydrogen-bond donors (Lipinski definition) is 11. The number of fused-ring (bicyclic) bond motifs is 1. The second-order valence-corrected chi connectivity index (χ2v) is 9.72. The second-order valence-electron chi connectivity index (χ2n) is 9.72. The normalized spacial score (nSPS) is 54.4. The lowest BCUT2D eigenvalue weighted by Crippen LogP contribution is -2.69. The van der Waals surface area contributed by atoms with Gasteiger partial charge < -0.3 is 81.3 Å². The molecule has 210 valence electrons. The summed E-state index contributed by atoms with van der Waals surface area (Å²) in [6.07, 6.45) is -17.7. The largest absolute Gasteiger partial charge is 0.395 e. The van der Waals surface area contributed by atoms with Gasteiger partial charge in [0.05, 0.1) is 31.5 Å². The molecule has 16 heteroatoms. The molecule has 1 aliphatic carbocycles. The van der Waals surface area contributed by atoms with Crippen LogP contribution in [0.25, 0.3) is 0 Å². The van der Waals surface area contributed by atoms with Crippen LogP contribution in [0.1, 0.15) is 6.42 Å². The molecule has 16 atom stereocenters. The summed E-state index contributed by atoms with van der Waals surface area (Å²) in [4.78, 5) is 0. The molecule has 0 aromatic heterocycles. The highest BCUT2D eigenvalue weighted by Gasteiger charge is 2.67. The van der Waals surface area contributed by atoms with Crippen molar-refractivity contribution in [2.24, 2.45) is 11.5 Å². The minimum absolute atomic E-state index is 0.254. The fraction of sp³-hybridized carbons (Fsp3) is 1.00. The second kappa shape index (κ2) is 10.9. The van der Waals surface area contributed by atoms with Crippen molar-refractivity contribution in [3.05, 3.63) is 0 Å². The third-order valence-electron chi connectivity index (χ3n) is 7.42. The Morgan fingerprint density at radius 1 is 0.944 bits per heavy atom. The van der Waals surface area contributed by atoms with Gasteiger partial charge in [0.25, 0.3) is 0 Å². The van der Waals surface area contributed by atoms with Gasteiger partial charge in [-0.2, -0.15) is 0 Å². The van der Waals surface area contributed by atoms with E-state index in [1.807, 2.05) is 0 Å². The standard InChI is InChI=1S/C20H37N3O13/c1-23-7-2-5(21)9(26)15(10(7)27)33-19-17-16(11(28)8(4-25)32-19)35-20(36-17)18(31)13(30)12(29)14(34-20)6(22)3-24/h5-19,23-31H,2-4,21-22H2,1H3/t5-,6?,7+,8-,9+,10-,11+,12-,13-,14-,15-,16?,17+,18+,19+,20?/m1/s1.